The summed E-state index contributed by atoms with van der Waals surface area (Å²) in [7, 11) is 0. The van der Waals surface area contributed by atoms with Gasteiger partial charge in [-0.15, -0.1) is 11.3 Å². The van der Waals surface area contributed by atoms with Gasteiger partial charge in [0.1, 0.15) is 17.4 Å². The van der Waals surface area contributed by atoms with Crippen molar-refractivity contribution >= 4 is 17.2 Å². The molecule has 0 fully saturated rings. The summed E-state index contributed by atoms with van der Waals surface area (Å²) in [4.78, 5) is 16.3. The van der Waals surface area contributed by atoms with E-state index >= 15 is 0 Å². The number of aryl methyl sites for hydroxylation is 2. The average molecular weight is 332 g/mol. The molecule has 0 aliphatic heterocycles. The fraction of sp³-hybridized carbons (Fsp3) is 0.444. The Kier molecular flexibility index (Phi) is 6.16. The van der Waals surface area contributed by atoms with Gasteiger partial charge in [-0.1, -0.05) is 19.9 Å². The number of amides is 1. The summed E-state index contributed by atoms with van der Waals surface area (Å²) in [6, 6.07) is 6.05. The number of benzene rings is 1. The molecule has 124 valence electrons. The lowest BCUT2D eigenvalue weighted by atomic mass is 10.1. The number of ether oxygens (including phenoxy) is 1. The largest absolute Gasteiger partial charge is 0.486 e. The molecule has 0 bridgehead atoms. The Labute approximate surface area is 141 Å². The summed E-state index contributed by atoms with van der Waals surface area (Å²) in [5, 5.41) is 5.71. The first-order chi connectivity index (χ1) is 10.9. The highest BCUT2D eigenvalue weighted by molar-refractivity contribution is 7.09. The van der Waals surface area contributed by atoms with Crippen LogP contribution in [0.15, 0.2) is 23.6 Å². The maximum absolute atomic E-state index is 11.8. The molecule has 0 saturated carbocycles. The Morgan fingerprint density at radius 1 is 1.30 bits per heavy atom. The smallest absolute Gasteiger partial charge is 0.226 e. The molecule has 1 N–H and O–H groups in total. The van der Waals surface area contributed by atoms with Gasteiger partial charge < -0.3 is 10.1 Å². The first-order valence-electron chi connectivity index (χ1n) is 7.84. The number of thiazole rings is 1. The van der Waals surface area contributed by atoms with Gasteiger partial charge in [0.05, 0.1) is 12.1 Å². The molecule has 1 heterocycles. The lowest BCUT2D eigenvalue weighted by molar-refractivity contribution is -0.120. The average Bonchev–Trinajstić information content (AvgIpc) is 2.94. The van der Waals surface area contributed by atoms with Crippen LogP contribution in [0.4, 0.5) is 0 Å². The normalized spacial score (nSPS) is 10.8. The fourth-order valence-corrected chi connectivity index (χ4v) is 2.70. The highest BCUT2D eigenvalue weighted by atomic mass is 32.1. The highest BCUT2D eigenvalue weighted by Gasteiger charge is 2.09. The number of rotatable bonds is 7. The third-order valence-electron chi connectivity index (χ3n) is 3.49. The lowest BCUT2D eigenvalue weighted by Crippen LogP contribution is -2.28. The van der Waals surface area contributed by atoms with Gasteiger partial charge in [0.25, 0.3) is 0 Å². The molecule has 0 spiro atoms. The highest BCUT2D eigenvalue weighted by Crippen LogP contribution is 2.19. The van der Waals surface area contributed by atoms with Gasteiger partial charge in [0.2, 0.25) is 5.91 Å². The van der Waals surface area contributed by atoms with Gasteiger partial charge in [0, 0.05) is 11.9 Å². The number of nitrogens with one attached hydrogen (secondary N) is 1. The number of nitrogens with zero attached hydrogens (tertiary/aromatic N) is 1. The molecule has 23 heavy (non-hydrogen) atoms. The van der Waals surface area contributed by atoms with E-state index in [0.29, 0.717) is 25.5 Å². The van der Waals surface area contributed by atoms with E-state index in [0.717, 1.165) is 16.5 Å². The predicted molar refractivity (Wildman–Crippen MR) is 93.9 cm³/mol. The van der Waals surface area contributed by atoms with Crippen molar-refractivity contribution in [2.45, 2.75) is 40.7 Å². The molecule has 1 aromatic carbocycles. The second-order valence-corrected chi connectivity index (χ2v) is 7.08. The van der Waals surface area contributed by atoms with E-state index in [2.05, 4.69) is 44.1 Å². The molecule has 0 atom stereocenters. The van der Waals surface area contributed by atoms with Crippen molar-refractivity contribution in [3.05, 3.63) is 45.4 Å². The zero-order valence-corrected chi connectivity index (χ0v) is 15.0. The van der Waals surface area contributed by atoms with Crippen molar-refractivity contribution in [1.29, 1.82) is 0 Å². The maximum Gasteiger partial charge on any atom is 0.226 e. The topological polar surface area (TPSA) is 51.2 Å². The van der Waals surface area contributed by atoms with E-state index in [9.17, 15) is 4.79 Å². The molecular formula is C18H24N2O2S. The molecule has 5 heteroatoms. The second-order valence-electron chi connectivity index (χ2n) is 6.14. The molecule has 0 radical (unpaired) electrons. The number of aromatic nitrogens is 1. The molecule has 1 aromatic heterocycles. The summed E-state index contributed by atoms with van der Waals surface area (Å²) in [6.07, 6.45) is 0.326. The number of carbonyl (C=O) groups excluding carboxylic acids is 1. The lowest BCUT2D eigenvalue weighted by Gasteiger charge is -2.07. The second kappa shape index (κ2) is 8.11. The fourth-order valence-electron chi connectivity index (χ4n) is 1.99. The van der Waals surface area contributed by atoms with E-state index < -0.39 is 0 Å². The standard InChI is InChI=1S/C18H24N2O2S/c1-12(2)9-19-17(21)8-15-11-23-18(20-15)10-22-16-6-5-13(3)14(4)7-16/h5-7,11-12H,8-10H2,1-4H3,(H,19,21). The van der Waals surface area contributed by atoms with Gasteiger partial charge in [-0.3, -0.25) is 4.79 Å². The van der Waals surface area contributed by atoms with Crippen molar-refractivity contribution in [1.82, 2.24) is 10.3 Å². The molecule has 1 amide bonds. The van der Waals surface area contributed by atoms with E-state index in [-0.39, 0.29) is 5.91 Å². The van der Waals surface area contributed by atoms with E-state index in [1.165, 1.54) is 22.5 Å². The van der Waals surface area contributed by atoms with E-state index in [4.69, 9.17) is 4.74 Å². The van der Waals surface area contributed by atoms with Gasteiger partial charge in [-0.25, -0.2) is 4.98 Å². The van der Waals surface area contributed by atoms with Crippen LogP contribution in [0.5, 0.6) is 5.75 Å². The van der Waals surface area contributed by atoms with Crippen LogP contribution < -0.4 is 10.1 Å². The van der Waals surface area contributed by atoms with Crippen molar-refractivity contribution in [2.75, 3.05) is 6.54 Å². The van der Waals surface area contributed by atoms with Crippen molar-refractivity contribution < 1.29 is 9.53 Å². The molecular weight excluding hydrogens is 308 g/mol. The Morgan fingerprint density at radius 2 is 2.09 bits per heavy atom. The first-order valence-corrected chi connectivity index (χ1v) is 8.72. The maximum atomic E-state index is 11.8. The van der Waals surface area contributed by atoms with Gasteiger partial charge >= 0.3 is 0 Å². The van der Waals surface area contributed by atoms with Gasteiger partial charge in [-0.05, 0) is 43.0 Å². The summed E-state index contributed by atoms with van der Waals surface area (Å²) < 4.78 is 5.77. The monoisotopic (exact) mass is 332 g/mol. The zero-order valence-electron chi connectivity index (χ0n) is 14.2. The molecule has 4 nitrogen and oxygen atoms in total. The van der Waals surface area contributed by atoms with Crippen LogP contribution in [-0.2, 0) is 17.8 Å². The van der Waals surface area contributed by atoms with Gasteiger partial charge in [0.15, 0.2) is 0 Å². The van der Waals surface area contributed by atoms with Crippen LogP contribution in [0, 0.1) is 19.8 Å². The van der Waals surface area contributed by atoms with Crippen molar-refractivity contribution in [3.63, 3.8) is 0 Å². The minimum absolute atomic E-state index is 0.0191. The number of carbonyl (C=O) groups is 1. The summed E-state index contributed by atoms with van der Waals surface area (Å²) in [6.45, 7) is 9.43. The Morgan fingerprint density at radius 3 is 2.78 bits per heavy atom. The minimum atomic E-state index is 0.0191. The minimum Gasteiger partial charge on any atom is -0.486 e. The van der Waals surface area contributed by atoms with Crippen LogP contribution >= 0.6 is 11.3 Å². The Balaban J connectivity index is 1.84. The van der Waals surface area contributed by atoms with Crippen molar-refractivity contribution in [2.24, 2.45) is 5.92 Å². The quantitative estimate of drug-likeness (QED) is 0.842. The predicted octanol–water partition coefficient (Wildman–Crippen LogP) is 3.65. The van der Waals surface area contributed by atoms with Crippen molar-refractivity contribution in [3.8, 4) is 5.75 Å². The molecule has 0 aliphatic carbocycles. The SMILES string of the molecule is Cc1ccc(OCc2nc(CC(=O)NCC(C)C)cs2)cc1C. The first kappa shape index (κ1) is 17.5. The zero-order chi connectivity index (χ0) is 16.8. The van der Waals surface area contributed by atoms with Crippen LogP contribution in [0.1, 0.15) is 35.7 Å². The number of hydrogen-bond donors (Lipinski definition) is 1. The van der Waals surface area contributed by atoms with Crippen LogP contribution in [0.2, 0.25) is 0 Å². The van der Waals surface area contributed by atoms with Crippen LogP contribution in [0.25, 0.3) is 0 Å². The molecule has 2 rings (SSSR count). The van der Waals surface area contributed by atoms with Crippen LogP contribution in [0.3, 0.4) is 0 Å². The third kappa shape index (κ3) is 5.67. The Hall–Kier alpha value is -1.88. The van der Waals surface area contributed by atoms with E-state index in [1.807, 2.05) is 17.5 Å². The summed E-state index contributed by atoms with van der Waals surface area (Å²) >= 11 is 1.53. The third-order valence-corrected chi connectivity index (χ3v) is 4.36. The molecule has 0 unspecified atom stereocenters. The number of hydrogen-bond acceptors (Lipinski definition) is 4. The van der Waals surface area contributed by atoms with Gasteiger partial charge in [-0.2, -0.15) is 0 Å². The Bertz CT molecular complexity index is 665. The molecule has 0 aliphatic rings. The van der Waals surface area contributed by atoms with E-state index in [1.54, 1.807) is 0 Å². The summed E-state index contributed by atoms with van der Waals surface area (Å²) in [5.74, 6) is 1.32. The molecule has 2 aromatic rings. The summed E-state index contributed by atoms with van der Waals surface area (Å²) in [5.41, 5.74) is 3.26. The van der Waals surface area contributed by atoms with Crippen LogP contribution in [-0.4, -0.2) is 17.4 Å². The molecule has 0 saturated heterocycles.